The predicted molar refractivity (Wildman–Crippen MR) is 92.7 cm³/mol. The molecule has 1 aliphatic carbocycles. The van der Waals surface area contributed by atoms with Crippen LogP contribution in [0.4, 0.5) is 0 Å². The maximum absolute atomic E-state index is 13.3. The summed E-state index contributed by atoms with van der Waals surface area (Å²) in [5.41, 5.74) is 4.42. The first kappa shape index (κ1) is 15.1. The number of carbonyl (C=O) groups excluding carboxylic acids is 1. The average molecular weight is 341 g/mol. The number of aromatic nitrogens is 3. The monoisotopic (exact) mass is 341 g/mol. The number of hydrogen-bond donors (Lipinski definition) is 1. The lowest BCUT2D eigenvalue weighted by molar-refractivity contribution is -0.505. The number of Topliss-reactive ketones (excluding diaryl/α,β-unsaturated/α-hetero) is 1. The summed E-state index contributed by atoms with van der Waals surface area (Å²) in [5.74, 6) is 0.0514. The Labute approximate surface area is 147 Å². The van der Waals surface area contributed by atoms with E-state index in [0.29, 0.717) is 5.69 Å². The summed E-state index contributed by atoms with van der Waals surface area (Å²) in [7, 11) is 0. The lowest BCUT2D eigenvalue weighted by atomic mass is 9.96. The Morgan fingerprint density at radius 2 is 1.32 bits per heavy atom. The third-order valence-electron chi connectivity index (χ3n) is 5.92. The standard InChI is InChI=1S/C18H24N6O/c25-18-14-13(19-21-20-14)15(22-7-1-2-8-22)16(23-9-3-4-10-23)17(18)24-11-5-6-12-24/h1-12H2/p+1. The second-order valence-electron chi connectivity index (χ2n) is 7.48. The number of ketones is 1. The Morgan fingerprint density at radius 1 is 0.760 bits per heavy atom. The summed E-state index contributed by atoms with van der Waals surface area (Å²) in [4.78, 5) is 18.0. The highest BCUT2D eigenvalue weighted by atomic mass is 16.1. The molecule has 3 saturated heterocycles. The van der Waals surface area contributed by atoms with Crippen LogP contribution >= 0.6 is 0 Å². The minimum Gasteiger partial charge on any atom is -0.366 e. The fraction of sp³-hybridized carbons (Fsp3) is 0.667. The van der Waals surface area contributed by atoms with E-state index in [9.17, 15) is 4.79 Å². The van der Waals surface area contributed by atoms with Crippen LogP contribution in [0.1, 0.15) is 54.7 Å². The average Bonchev–Trinajstić information content (AvgIpc) is 3.42. The maximum atomic E-state index is 13.3. The molecule has 0 aromatic carbocycles. The number of aromatic amines is 1. The molecule has 4 aliphatic rings. The van der Waals surface area contributed by atoms with Crippen LogP contribution in [-0.4, -0.2) is 80.5 Å². The lowest BCUT2D eigenvalue weighted by Crippen LogP contribution is -2.42. The van der Waals surface area contributed by atoms with Crippen molar-refractivity contribution in [3.05, 3.63) is 22.8 Å². The van der Waals surface area contributed by atoms with E-state index in [1.54, 1.807) is 0 Å². The van der Waals surface area contributed by atoms with Gasteiger partial charge in [-0.25, -0.2) is 4.58 Å². The molecule has 3 fully saturated rings. The third kappa shape index (κ3) is 2.32. The van der Waals surface area contributed by atoms with Gasteiger partial charge in [-0.05, 0) is 25.7 Å². The lowest BCUT2D eigenvalue weighted by Gasteiger charge is -2.31. The van der Waals surface area contributed by atoms with E-state index in [0.717, 1.165) is 74.9 Å². The number of hydrogen-bond acceptors (Lipinski definition) is 5. The highest BCUT2D eigenvalue weighted by Gasteiger charge is 2.45. The van der Waals surface area contributed by atoms with Crippen LogP contribution in [-0.2, 0) is 0 Å². The Morgan fingerprint density at radius 3 is 1.96 bits per heavy atom. The molecule has 0 atom stereocenters. The van der Waals surface area contributed by atoms with Crippen LogP contribution in [0.5, 0.6) is 0 Å². The van der Waals surface area contributed by atoms with E-state index in [2.05, 4.69) is 29.8 Å². The summed E-state index contributed by atoms with van der Waals surface area (Å²) in [6.07, 6.45) is 7.13. The van der Waals surface area contributed by atoms with E-state index in [1.807, 2.05) is 0 Å². The molecule has 0 saturated carbocycles. The van der Waals surface area contributed by atoms with Crippen molar-refractivity contribution in [3.8, 4) is 0 Å². The van der Waals surface area contributed by atoms with Crippen molar-refractivity contribution in [2.24, 2.45) is 0 Å². The highest BCUT2D eigenvalue weighted by molar-refractivity contribution is 6.25. The summed E-state index contributed by atoms with van der Waals surface area (Å²) in [6, 6.07) is 0. The molecule has 1 N–H and O–H groups in total. The van der Waals surface area contributed by atoms with Crippen LogP contribution in [0.3, 0.4) is 0 Å². The molecular formula is C18H25N6O+. The van der Waals surface area contributed by atoms with Gasteiger partial charge in [0.05, 0.1) is 0 Å². The fourth-order valence-corrected chi connectivity index (χ4v) is 4.71. The van der Waals surface area contributed by atoms with Gasteiger partial charge in [-0.1, -0.05) is 0 Å². The molecule has 0 radical (unpaired) electrons. The first-order valence-electron chi connectivity index (χ1n) is 9.67. The first-order valence-corrected chi connectivity index (χ1v) is 9.67. The van der Waals surface area contributed by atoms with Gasteiger partial charge in [0.15, 0.2) is 11.4 Å². The number of allylic oxidation sites excluding steroid dienone is 2. The summed E-state index contributed by atoms with van der Waals surface area (Å²) in [5, 5.41) is 11.3. The number of rotatable bonds is 2. The van der Waals surface area contributed by atoms with Crippen LogP contribution in [0.2, 0.25) is 0 Å². The van der Waals surface area contributed by atoms with Gasteiger partial charge in [0.2, 0.25) is 5.78 Å². The van der Waals surface area contributed by atoms with Crippen LogP contribution in [0.15, 0.2) is 11.4 Å². The fourth-order valence-electron chi connectivity index (χ4n) is 4.71. The van der Waals surface area contributed by atoms with E-state index in [4.69, 9.17) is 0 Å². The van der Waals surface area contributed by atoms with Crippen molar-refractivity contribution < 1.29 is 9.37 Å². The first-order chi connectivity index (χ1) is 12.3. The van der Waals surface area contributed by atoms with Crippen LogP contribution in [0, 0.1) is 0 Å². The largest absolute Gasteiger partial charge is 0.366 e. The van der Waals surface area contributed by atoms with Gasteiger partial charge in [-0.3, -0.25) is 4.79 Å². The molecule has 0 unspecified atom stereocenters. The molecule has 25 heavy (non-hydrogen) atoms. The third-order valence-corrected chi connectivity index (χ3v) is 5.92. The second kappa shape index (κ2) is 5.97. The minimum atomic E-state index is 0.0514. The van der Waals surface area contributed by atoms with Gasteiger partial charge >= 0.3 is 0 Å². The molecule has 0 bridgehead atoms. The quantitative estimate of drug-likeness (QED) is 0.813. The molecule has 0 amide bonds. The van der Waals surface area contributed by atoms with Crippen molar-refractivity contribution in [1.29, 1.82) is 0 Å². The topological polar surface area (TPSA) is 68.1 Å². The van der Waals surface area contributed by atoms with Crippen LogP contribution < -0.4 is 0 Å². The molecule has 7 heteroatoms. The van der Waals surface area contributed by atoms with Crippen molar-refractivity contribution in [1.82, 2.24) is 25.2 Å². The zero-order valence-electron chi connectivity index (χ0n) is 14.6. The molecule has 132 valence electrons. The van der Waals surface area contributed by atoms with E-state index >= 15 is 0 Å². The van der Waals surface area contributed by atoms with E-state index < -0.39 is 0 Å². The van der Waals surface area contributed by atoms with E-state index in [-0.39, 0.29) is 5.78 Å². The normalized spacial score (nSPS) is 24.1. The number of carbonyl (C=O) groups is 1. The number of likely N-dealkylation sites (tertiary alicyclic amines) is 2. The number of nitrogens with zero attached hydrogens (tertiary/aromatic N) is 5. The number of fused-ring (bicyclic) bond motifs is 1. The molecule has 1 aromatic rings. The zero-order valence-corrected chi connectivity index (χ0v) is 14.6. The maximum Gasteiger partial charge on any atom is 0.256 e. The summed E-state index contributed by atoms with van der Waals surface area (Å²) in [6.45, 7) is 6.09. The van der Waals surface area contributed by atoms with Crippen molar-refractivity contribution in [3.63, 3.8) is 0 Å². The highest BCUT2D eigenvalue weighted by Crippen LogP contribution is 2.33. The Kier molecular flexibility index (Phi) is 3.60. The van der Waals surface area contributed by atoms with Gasteiger partial charge < -0.3 is 9.80 Å². The Hall–Kier alpha value is -2.18. The second-order valence-corrected chi connectivity index (χ2v) is 7.48. The molecule has 4 heterocycles. The van der Waals surface area contributed by atoms with Gasteiger partial charge in [0.25, 0.3) is 5.71 Å². The minimum absolute atomic E-state index is 0.0514. The van der Waals surface area contributed by atoms with Gasteiger partial charge in [0.1, 0.15) is 24.5 Å². The van der Waals surface area contributed by atoms with Crippen molar-refractivity contribution in [2.75, 3.05) is 39.3 Å². The molecular weight excluding hydrogens is 316 g/mol. The van der Waals surface area contributed by atoms with Gasteiger partial charge in [-0.2, -0.15) is 10.3 Å². The van der Waals surface area contributed by atoms with Crippen molar-refractivity contribution in [2.45, 2.75) is 38.5 Å². The zero-order chi connectivity index (χ0) is 16.8. The summed E-state index contributed by atoms with van der Waals surface area (Å²) < 4.78 is 2.43. The number of H-pyrrole nitrogens is 1. The van der Waals surface area contributed by atoms with Crippen molar-refractivity contribution >= 4 is 11.5 Å². The summed E-state index contributed by atoms with van der Waals surface area (Å²) >= 11 is 0. The van der Waals surface area contributed by atoms with Crippen LogP contribution in [0.25, 0.3) is 0 Å². The molecule has 3 aliphatic heterocycles. The van der Waals surface area contributed by atoms with Gasteiger partial charge in [-0.15, -0.1) is 5.10 Å². The Balaban J connectivity index is 1.75. The predicted octanol–water partition coefficient (Wildman–Crippen LogP) is 1.000. The smallest absolute Gasteiger partial charge is 0.256 e. The van der Waals surface area contributed by atoms with Gasteiger partial charge in [0, 0.05) is 39.0 Å². The number of nitrogens with one attached hydrogen (secondary N) is 1. The molecule has 1 aromatic heterocycles. The molecule has 0 spiro atoms. The van der Waals surface area contributed by atoms with E-state index in [1.165, 1.54) is 25.7 Å². The molecule has 7 nitrogen and oxygen atoms in total. The molecule has 5 rings (SSSR count). The SMILES string of the molecule is O=C1C(N2CCCC2)=C(N2CCCC2)C(=[N+]2CCCC2)c2n[nH]nc21. The Bertz CT molecular complexity index is 756.